The number of benzene rings is 3. The highest BCUT2D eigenvalue weighted by atomic mass is 32.1. The van der Waals surface area contributed by atoms with Crippen LogP contribution in [0, 0.1) is 13.8 Å². The Balaban J connectivity index is 1.62. The van der Waals surface area contributed by atoms with E-state index in [0.717, 1.165) is 37.6 Å². The van der Waals surface area contributed by atoms with E-state index in [2.05, 4.69) is 22.3 Å². The molecule has 0 aliphatic heterocycles. The molecule has 1 atom stereocenters. The molecule has 3 aromatic carbocycles. The van der Waals surface area contributed by atoms with Crippen LogP contribution in [-0.2, 0) is 11.3 Å². The third-order valence-electron chi connectivity index (χ3n) is 5.18. The molecular formula is C25H25N3OS. The van der Waals surface area contributed by atoms with Crippen molar-refractivity contribution in [2.45, 2.75) is 26.4 Å². The summed E-state index contributed by atoms with van der Waals surface area (Å²) < 4.78 is 1.16. The molecule has 1 amide bonds. The van der Waals surface area contributed by atoms with Crippen molar-refractivity contribution in [2.75, 3.05) is 12.4 Å². The molecule has 30 heavy (non-hydrogen) atoms. The average Bonchev–Trinajstić information content (AvgIpc) is 3.14. The van der Waals surface area contributed by atoms with E-state index in [4.69, 9.17) is 4.98 Å². The van der Waals surface area contributed by atoms with Crippen molar-refractivity contribution in [3.8, 4) is 0 Å². The number of carbonyl (C=O) groups is 1. The molecule has 1 heterocycles. The van der Waals surface area contributed by atoms with Gasteiger partial charge in [-0.2, -0.15) is 0 Å². The van der Waals surface area contributed by atoms with E-state index < -0.39 is 6.04 Å². The van der Waals surface area contributed by atoms with Crippen LogP contribution in [0.15, 0.2) is 72.8 Å². The van der Waals surface area contributed by atoms with E-state index >= 15 is 0 Å². The molecule has 0 radical (unpaired) electrons. The average molecular weight is 416 g/mol. The number of nitrogens with one attached hydrogen (secondary N) is 1. The van der Waals surface area contributed by atoms with Gasteiger partial charge in [0.2, 0.25) is 5.91 Å². The number of amides is 1. The molecule has 0 fully saturated rings. The van der Waals surface area contributed by atoms with E-state index in [1.54, 1.807) is 11.3 Å². The minimum atomic E-state index is -0.418. The molecule has 0 aliphatic rings. The van der Waals surface area contributed by atoms with Crippen LogP contribution in [-0.4, -0.2) is 22.8 Å². The van der Waals surface area contributed by atoms with Gasteiger partial charge in [-0.3, -0.25) is 9.69 Å². The second kappa shape index (κ2) is 8.78. The van der Waals surface area contributed by atoms with Gasteiger partial charge in [0.1, 0.15) is 11.0 Å². The summed E-state index contributed by atoms with van der Waals surface area (Å²) >= 11 is 1.67. The second-order valence-electron chi connectivity index (χ2n) is 7.61. The number of fused-ring (bicyclic) bond motifs is 1. The number of rotatable bonds is 6. The Kier molecular flexibility index (Phi) is 5.93. The first kappa shape index (κ1) is 20.3. The Morgan fingerprint density at radius 1 is 1.03 bits per heavy atom. The van der Waals surface area contributed by atoms with E-state index in [1.165, 1.54) is 0 Å². The number of aryl methyl sites for hydroxylation is 2. The van der Waals surface area contributed by atoms with Gasteiger partial charge in [0.15, 0.2) is 0 Å². The van der Waals surface area contributed by atoms with E-state index in [1.807, 2.05) is 81.6 Å². The molecule has 1 aromatic heterocycles. The summed E-state index contributed by atoms with van der Waals surface area (Å²) in [6.45, 7) is 4.64. The van der Waals surface area contributed by atoms with Crippen molar-refractivity contribution in [2.24, 2.45) is 0 Å². The monoisotopic (exact) mass is 415 g/mol. The Morgan fingerprint density at radius 3 is 2.53 bits per heavy atom. The van der Waals surface area contributed by atoms with Gasteiger partial charge in [0.05, 0.1) is 16.8 Å². The lowest BCUT2D eigenvalue weighted by atomic mass is 10.0. The van der Waals surface area contributed by atoms with Crippen LogP contribution in [0.1, 0.15) is 27.7 Å². The number of hydrogen-bond donors (Lipinski definition) is 1. The van der Waals surface area contributed by atoms with Crippen LogP contribution >= 0.6 is 11.3 Å². The standard InChI is InChI=1S/C25H25N3OS/c1-17-13-14-18(2)21(15-17)27-25(29)24(19-9-5-4-6-10-19)28(3)16-23-26-20-11-7-8-12-22(20)30-23/h4-15,24H,16H2,1-3H3,(H,27,29)/t24-/m1/s1. The van der Waals surface area contributed by atoms with Crippen LogP contribution in [0.2, 0.25) is 0 Å². The fraction of sp³-hybridized carbons (Fsp3) is 0.200. The molecule has 0 aliphatic carbocycles. The summed E-state index contributed by atoms with van der Waals surface area (Å²) in [6.07, 6.45) is 0. The highest BCUT2D eigenvalue weighted by molar-refractivity contribution is 7.18. The lowest BCUT2D eigenvalue weighted by Gasteiger charge is -2.27. The smallest absolute Gasteiger partial charge is 0.246 e. The number of nitrogens with zero attached hydrogens (tertiary/aromatic N) is 2. The number of likely N-dealkylation sites (N-methyl/N-ethyl adjacent to an activating group) is 1. The lowest BCUT2D eigenvalue weighted by molar-refractivity contribution is -0.121. The third-order valence-corrected chi connectivity index (χ3v) is 6.20. The van der Waals surface area contributed by atoms with Crippen molar-refractivity contribution in [3.05, 3.63) is 94.5 Å². The molecule has 0 saturated carbocycles. The molecule has 4 rings (SSSR count). The van der Waals surface area contributed by atoms with Crippen LogP contribution in [0.5, 0.6) is 0 Å². The summed E-state index contributed by atoms with van der Waals surface area (Å²) in [5, 5.41) is 4.14. The van der Waals surface area contributed by atoms with Crippen molar-refractivity contribution < 1.29 is 4.79 Å². The van der Waals surface area contributed by atoms with Crippen LogP contribution in [0.4, 0.5) is 5.69 Å². The Morgan fingerprint density at radius 2 is 1.77 bits per heavy atom. The number of para-hydroxylation sites is 1. The highest BCUT2D eigenvalue weighted by Crippen LogP contribution is 2.28. The predicted molar refractivity (Wildman–Crippen MR) is 125 cm³/mol. The predicted octanol–water partition coefficient (Wildman–Crippen LogP) is 5.72. The van der Waals surface area contributed by atoms with Gasteiger partial charge in [-0.15, -0.1) is 11.3 Å². The van der Waals surface area contributed by atoms with Crippen molar-refractivity contribution >= 4 is 33.1 Å². The summed E-state index contributed by atoms with van der Waals surface area (Å²) in [5.41, 5.74) is 4.99. The van der Waals surface area contributed by atoms with Gasteiger partial charge in [-0.05, 0) is 55.8 Å². The normalized spacial score (nSPS) is 12.3. The number of aromatic nitrogens is 1. The number of anilines is 1. The van der Waals surface area contributed by atoms with Crippen molar-refractivity contribution in [1.82, 2.24) is 9.88 Å². The molecule has 0 spiro atoms. The maximum atomic E-state index is 13.4. The molecule has 0 saturated heterocycles. The van der Waals surface area contributed by atoms with Gasteiger partial charge >= 0.3 is 0 Å². The Labute approximate surface area is 181 Å². The van der Waals surface area contributed by atoms with E-state index in [9.17, 15) is 4.79 Å². The summed E-state index contributed by atoms with van der Waals surface area (Å²) in [7, 11) is 1.98. The van der Waals surface area contributed by atoms with Gasteiger partial charge < -0.3 is 5.32 Å². The largest absolute Gasteiger partial charge is 0.324 e. The summed E-state index contributed by atoms with van der Waals surface area (Å²) in [6, 6.07) is 23.7. The minimum Gasteiger partial charge on any atom is -0.324 e. The second-order valence-corrected chi connectivity index (χ2v) is 8.73. The summed E-state index contributed by atoms with van der Waals surface area (Å²) in [4.78, 5) is 20.2. The van der Waals surface area contributed by atoms with Gasteiger partial charge in [0, 0.05) is 5.69 Å². The number of carbonyl (C=O) groups excluding carboxylic acids is 1. The SMILES string of the molecule is Cc1ccc(C)c(NC(=O)[C@@H](c2ccccc2)N(C)Cc2nc3ccccc3s2)c1. The highest BCUT2D eigenvalue weighted by Gasteiger charge is 2.26. The zero-order valence-corrected chi connectivity index (χ0v) is 18.2. The molecule has 4 aromatic rings. The lowest BCUT2D eigenvalue weighted by Crippen LogP contribution is -2.34. The van der Waals surface area contributed by atoms with Crippen LogP contribution < -0.4 is 5.32 Å². The molecule has 5 heteroatoms. The number of hydrogen-bond acceptors (Lipinski definition) is 4. The zero-order chi connectivity index (χ0) is 21.1. The molecule has 4 nitrogen and oxygen atoms in total. The first-order valence-corrected chi connectivity index (χ1v) is 10.8. The maximum absolute atomic E-state index is 13.4. The van der Waals surface area contributed by atoms with Gasteiger partial charge in [0.25, 0.3) is 0 Å². The summed E-state index contributed by atoms with van der Waals surface area (Å²) in [5.74, 6) is -0.0430. The first-order chi connectivity index (χ1) is 14.5. The van der Waals surface area contributed by atoms with Crippen molar-refractivity contribution in [3.63, 3.8) is 0 Å². The fourth-order valence-corrected chi connectivity index (χ4v) is 4.64. The van der Waals surface area contributed by atoms with E-state index in [0.29, 0.717) is 6.54 Å². The quantitative estimate of drug-likeness (QED) is 0.438. The molecule has 0 unspecified atom stereocenters. The molecule has 1 N–H and O–H groups in total. The Bertz CT molecular complexity index is 1140. The van der Waals surface area contributed by atoms with Crippen molar-refractivity contribution in [1.29, 1.82) is 0 Å². The van der Waals surface area contributed by atoms with Crippen LogP contribution in [0.3, 0.4) is 0 Å². The number of thiazole rings is 1. The molecule has 0 bridgehead atoms. The Hall–Kier alpha value is -3.02. The minimum absolute atomic E-state index is 0.0430. The van der Waals surface area contributed by atoms with Crippen LogP contribution in [0.25, 0.3) is 10.2 Å². The maximum Gasteiger partial charge on any atom is 0.246 e. The zero-order valence-electron chi connectivity index (χ0n) is 17.4. The third kappa shape index (κ3) is 4.42. The van der Waals surface area contributed by atoms with E-state index in [-0.39, 0.29) is 5.91 Å². The molecule has 152 valence electrons. The molecular weight excluding hydrogens is 390 g/mol. The van der Waals surface area contributed by atoms with Gasteiger partial charge in [-0.1, -0.05) is 54.6 Å². The first-order valence-electron chi connectivity index (χ1n) is 9.99. The fourth-order valence-electron chi connectivity index (χ4n) is 3.61. The topological polar surface area (TPSA) is 45.2 Å². The van der Waals surface area contributed by atoms with Gasteiger partial charge in [-0.25, -0.2) is 4.98 Å².